The van der Waals surface area contributed by atoms with E-state index in [1.807, 2.05) is 6.92 Å². The molecule has 0 aliphatic rings. The summed E-state index contributed by atoms with van der Waals surface area (Å²) in [6, 6.07) is -0.486. The highest BCUT2D eigenvalue weighted by Gasteiger charge is 2.28. The van der Waals surface area contributed by atoms with Crippen LogP contribution in [0.5, 0.6) is 0 Å². The van der Waals surface area contributed by atoms with E-state index in [0.717, 1.165) is 23.9 Å². The Bertz CT molecular complexity index is 658. The molecular formula is C15H25N5O3S. The normalized spacial score (nSPS) is 11.5. The molecule has 1 rings (SSSR count). The van der Waals surface area contributed by atoms with E-state index in [-0.39, 0.29) is 5.16 Å². The van der Waals surface area contributed by atoms with Gasteiger partial charge in [0.2, 0.25) is 0 Å². The predicted octanol–water partition coefficient (Wildman–Crippen LogP) is 1.73. The second-order valence-electron chi connectivity index (χ2n) is 5.09. The van der Waals surface area contributed by atoms with Crippen molar-refractivity contribution in [2.45, 2.75) is 31.8 Å². The molecule has 0 aliphatic carbocycles. The number of sulfonamides is 1. The van der Waals surface area contributed by atoms with Crippen molar-refractivity contribution in [1.82, 2.24) is 24.0 Å². The minimum atomic E-state index is -3.81. The van der Waals surface area contributed by atoms with Gasteiger partial charge in [-0.1, -0.05) is 32.4 Å². The lowest BCUT2D eigenvalue weighted by molar-refractivity contribution is 0.206. The van der Waals surface area contributed by atoms with Gasteiger partial charge in [0.1, 0.15) is 6.33 Å². The quantitative estimate of drug-likeness (QED) is 0.596. The summed E-state index contributed by atoms with van der Waals surface area (Å²) in [4.78, 5) is 17.6. The van der Waals surface area contributed by atoms with Crippen molar-refractivity contribution < 1.29 is 13.2 Å². The van der Waals surface area contributed by atoms with Gasteiger partial charge in [-0.15, -0.1) is 18.3 Å². The highest BCUT2D eigenvalue weighted by atomic mass is 32.2. The van der Waals surface area contributed by atoms with Gasteiger partial charge in [-0.3, -0.25) is 0 Å². The minimum absolute atomic E-state index is 0.296. The molecule has 0 N–H and O–H groups in total. The zero-order chi connectivity index (χ0) is 18.2. The molecule has 0 bridgehead atoms. The summed E-state index contributed by atoms with van der Waals surface area (Å²) in [5, 5.41) is 3.49. The van der Waals surface area contributed by atoms with Crippen LogP contribution in [-0.2, 0) is 10.0 Å². The lowest BCUT2D eigenvalue weighted by atomic mass is 10.3. The average Bonchev–Trinajstić information content (AvgIpc) is 3.05. The Balaban J connectivity index is 3.03. The maximum atomic E-state index is 12.6. The maximum absolute atomic E-state index is 12.6. The summed E-state index contributed by atoms with van der Waals surface area (Å²) < 4.78 is 27.3. The second-order valence-corrected chi connectivity index (χ2v) is 6.92. The van der Waals surface area contributed by atoms with Crippen LogP contribution in [0.4, 0.5) is 4.79 Å². The Morgan fingerprint density at radius 3 is 2.42 bits per heavy atom. The first-order valence-electron chi connectivity index (χ1n) is 7.85. The second kappa shape index (κ2) is 9.33. The first-order chi connectivity index (χ1) is 11.4. The van der Waals surface area contributed by atoms with E-state index in [9.17, 15) is 13.2 Å². The molecule has 1 heterocycles. The fourth-order valence-electron chi connectivity index (χ4n) is 2.04. The molecule has 0 atom stereocenters. The third-order valence-corrected chi connectivity index (χ3v) is 5.09. The monoisotopic (exact) mass is 355 g/mol. The minimum Gasteiger partial charge on any atom is -0.315 e. The van der Waals surface area contributed by atoms with Gasteiger partial charge < -0.3 is 4.90 Å². The van der Waals surface area contributed by atoms with Crippen molar-refractivity contribution in [2.24, 2.45) is 0 Å². The molecule has 0 spiro atoms. The molecule has 0 saturated carbocycles. The Labute approximate surface area is 143 Å². The summed E-state index contributed by atoms with van der Waals surface area (Å²) in [6.07, 6.45) is 5.88. The molecule has 134 valence electrons. The summed E-state index contributed by atoms with van der Waals surface area (Å²) in [7, 11) is -3.81. The third kappa shape index (κ3) is 4.75. The summed E-state index contributed by atoms with van der Waals surface area (Å²) in [5.74, 6) is 0. The number of aromatic nitrogens is 3. The molecule has 1 amide bonds. The topological polar surface area (TPSA) is 88.4 Å². The molecule has 8 nitrogen and oxygen atoms in total. The zero-order valence-corrected chi connectivity index (χ0v) is 15.1. The van der Waals surface area contributed by atoms with Crippen LogP contribution in [-0.4, -0.2) is 64.6 Å². The van der Waals surface area contributed by atoms with Crippen LogP contribution in [0.1, 0.15) is 26.7 Å². The molecule has 0 radical (unpaired) electrons. The fourth-order valence-corrected chi connectivity index (χ4v) is 3.36. The van der Waals surface area contributed by atoms with E-state index in [0.29, 0.717) is 26.2 Å². The van der Waals surface area contributed by atoms with Gasteiger partial charge in [-0.2, -0.15) is 8.99 Å². The first kappa shape index (κ1) is 20.0. The van der Waals surface area contributed by atoms with E-state index in [1.54, 1.807) is 19.1 Å². The van der Waals surface area contributed by atoms with Crippen LogP contribution in [0, 0.1) is 0 Å². The number of carbonyl (C=O) groups excluding carboxylic acids is 1. The molecule has 0 aromatic carbocycles. The van der Waals surface area contributed by atoms with E-state index in [2.05, 4.69) is 23.2 Å². The van der Waals surface area contributed by atoms with Crippen molar-refractivity contribution in [3.63, 3.8) is 0 Å². The highest BCUT2D eigenvalue weighted by Crippen LogP contribution is 2.12. The largest absolute Gasteiger partial charge is 0.346 e. The molecule has 0 saturated heterocycles. The lowest BCUT2D eigenvalue weighted by Gasteiger charge is -2.18. The molecule has 1 aromatic heterocycles. The van der Waals surface area contributed by atoms with Crippen LogP contribution >= 0.6 is 0 Å². The Hall–Kier alpha value is -2.00. The van der Waals surface area contributed by atoms with E-state index in [1.165, 1.54) is 9.21 Å². The number of unbranched alkanes of at least 4 members (excludes halogenated alkanes) is 1. The van der Waals surface area contributed by atoms with Crippen LogP contribution in [0.15, 0.2) is 36.8 Å². The Morgan fingerprint density at radius 1 is 1.29 bits per heavy atom. The number of carbonyl (C=O) groups is 1. The van der Waals surface area contributed by atoms with Gasteiger partial charge in [0, 0.05) is 26.2 Å². The molecule has 9 heteroatoms. The number of amides is 1. The van der Waals surface area contributed by atoms with Gasteiger partial charge in [-0.25, -0.2) is 18.2 Å². The third-order valence-electron chi connectivity index (χ3n) is 3.32. The van der Waals surface area contributed by atoms with E-state index < -0.39 is 16.1 Å². The maximum Gasteiger partial charge on any atom is 0.346 e. The summed E-state index contributed by atoms with van der Waals surface area (Å²) in [6.45, 7) is 12.2. The Morgan fingerprint density at radius 2 is 1.92 bits per heavy atom. The van der Waals surface area contributed by atoms with Crippen molar-refractivity contribution in [3.8, 4) is 0 Å². The molecular weight excluding hydrogens is 330 g/mol. The SMILES string of the molecule is C=CCN(CC=C)C(=O)n1cnc(S(=O)(=O)N(CC)CCCC)n1. The van der Waals surface area contributed by atoms with Crippen molar-refractivity contribution in [3.05, 3.63) is 31.6 Å². The number of hydrogen-bond acceptors (Lipinski definition) is 5. The molecule has 0 unspecified atom stereocenters. The van der Waals surface area contributed by atoms with Crippen LogP contribution < -0.4 is 0 Å². The molecule has 0 aliphatic heterocycles. The fraction of sp³-hybridized carbons (Fsp3) is 0.533. The van der Waals surface area contributed by atoms with E-state index >= 15 is 0 Å². The summed E-state index contributed by atoms with van der Waals surface area (Å²) in [5.41, 5.74) is 0. The number of rotatable bonds is 10. The zero-order valence-electron chi connectivity index (χ0n) is 14.3. The number of hydrogen-bond donors (Lipinski definition) is 0. The van der Waals surface area contributed by atoms with Gasteiger partial charge in [0.05, 0.1) is 0 Å². The van der Waals surface area contributed by atoms with Crippen molar-refractivity contribution >= 4 is 16.1 Å². The van der Waals surface area contributed by atoms with Crippen molar-refractivity contribution in [2.75, 3.05) is 26.2 Å². The standard InChI is InChI=1S/C15H25N5O3S/c1-5-9-12-19(8-4)24(22,23)14-16-13-20(17-14)15(21)18(10-6-2)11-7-3/h6-7,13H,2-3,5,8-12H2,1,4H3. The van der Waals surface area contributed by atoms with Gasteiger partial charge >= 0.3 is 6.03 Å². The molecule has 0 fully saturated rings. The Kier molecular flexibility index (Phi) is 7.80. The smallest absolute Gasteiger partial charge is 0.315 e. The average molecular weight is 355 g/mol. The van der Waals surface area contributed by atoms with Gasteiger partial charge in [0.15, 0.2) is 0 Å². The van der Waals surface area contributed by atoms with Gasteiger partial charge in [-0.05, 0) is 6.42 Å². The van der Waals surface area contributed by atoms with Gasteiger partial charge in [0.25, 0.3) is 15.2 Å². The lowest BCUT2D eigenvalue weighted by Crippen LogP contribution is -2.36. The number of nitrogens with zero attached hydrogens (tertiary/aromatic N) is 5. The van der Waals surface area contributed by atoms with Crippen LogP contribution in [0.2, 0.25) is 0 Å². The first-order valence-corrected chi connectivity index (χ1v) is 9.29. The highest BCUT2D eigenvalue weighted by molar-refractivity contribution is 7.88. The summed E-state index contributed by atoms with van der Waals surface area (Å²) >= 11 is 0. The van der Waals surface area contributed by atoms with Crippen LogP contribution in [0.25, 0.3) is 0 Å². The molecule has 1 aromatic rings. The predicted molar refractivity (Wildman–Crippen MR) is 92.1 cm³/mol. The van der Waals surface area contributed by atoms with E-state index in [4.69, 9.17) is 0 Å². The van der Waals surface area contributed by atoms with Crippen molar-refractivity contribution in [1.29, 1.82) is 0 Å². The van der Waals surface area contributed by atoms with Crippen LogP contribution in [0.3, 0.4) is 0 Å². The molecule has 24 heavy (non-hydrogen) atoms.